The van der Waals surface area contributed by atoms with Crippen molar-refractivity contribution in [3.05, 3.63) is 59.7 Å². The molecule has 0 aromatic heterocycles. The first-order valence-corrected chi connectivity index (χ1v) is 6.39. The lowest BCUT2D eigenvalue weighted by Gasteiger charge is -2.08. The predicted molar refractivity (Wildman–Crippen MR) is 78.8 cm³/mol. The first-order chi connectivity index (χ1) is 8.75. The van der Waals surface area contributed by atoms with Crippen LogP contribution in [0.15, 0.2) is 48.5 Å². The summed E-state index contributed by atoms with van der Waals surface area (Å²) in [5, 5.41) is 3.40. The SMILES string of the molecule is Cc1ccc(NCCCc2ccccc2)cc1N. The molecule has 0 fully saturated rings. The molecule has 0 saturated carbocycles. The van der Waals surface area contributed by atoms with Crippen molar-refractivity contribution in [3.63, 3.8) is 0 Å². The van der Waals surface area contributed by atoms with E-state index in [0.717, 1.165) is 36.3 Å². The van der Waals surface area contributed by atoms with Gasteiger partial charge in [0.2, 0.25) is 0 Å². The lowest BCUT2D eigenvalue weighted by Crippen LogP contribution is -2.03. The molecule has 0 aliphatic carbocycles. The standard InChI is InChI=1S/C16H20N2/c1-13-9-10-15(12-16(13)17)18-11-5-8-14-6-3-2-4-7-14/h2-4,6-7,9-10,12,18H,5,8,11,17H2,1H3. The molecule has 0 unspecified atom stereocenters. The summed E-state index contributed by atoms with van der Waals surface area (Å²) >= 11 is 0. The number of hydrogen-bond donors (Lipinski definition) is 2. The molecule has 0 aliphatic heterocycles. The van der Waals surface area contributed by atoms with Crippen LogP contribution in [0.1, 0.15) is 17.5 Å². The van der Waals surface area contributed by atoms with Crippen LogP contribution in [-0.2, 0) is 6.42 Å². The van der Waals surface area contributed by atoms with Gasteiger partial charge < -0.3 is 11.1 Å². The highest BCUT2D eigenvalue weighted by atomic mass is 14.9. The Morgan fingerprint density at radius 1 is 1.06 bits per heavy atom. The van der Waals surface area contributed by atoms with Gasteiger partial charge in [0.15, 0.2) is 0 Å². The van der Waals surface area contributed by atoms with Gasteiger partial charge in [-0.2, -0.15) is 0 Å². The zero-order chi connectivity index (χ0) is 12.8. The number of anilines is 2. The number of nitrogens with two attached hydrogens (primary N) is 1. The summed E-state index contributed by atoms with van der Waals surface area (Å²) in [6, 6.07) is 16.7. The van der Waals surface area contributed by atoms with Crippen LogP contribution in [0.5, 0.6) is 0 Å². The maximum atomic E-state index is 5.88. The Balaban J connectivity index is 1.77. The molecule has 2 nitrogen and oxygen atoms in total. The van der Waals surface area contributed by atoms with Crippen LogP contribution in [-0.4, -0.2) is 6.54 Å². The average molecular weight is 240 g/mol. The normalized spacial score (nSPS) is 10.3. The van der Waals surface area contributed by atoms with Crippen molar-refractivity contribution in [2.24, 2.45) is 0 Å². The van der Waals surface area contributed by atoms with Gasteiger partial charge in [0.1, 0.15) is 0 Å². The molecule has 2 aromatic rings. The number of aryl methyl sites for hydroxylation is 2. The van der Waals surface area contributed by atoms with Gasteiger partial charge in [0, 0.05) is 17.9 Å². The lowest BCUT2D eigenvalue weighted by atomic mass is 10.1. The first-order valence-electron chi connectivity index (χ1n) is 6.39. The molecule has 0 spiro atoms. The van der Waals surface area contributed by atoms with E-state index in [2.05, 4.69) is 47.8 Å². The van der Waals surface area contributed by atoms with E-state index in [1.54, 1.807) is 0 Å². The van der Waals surface area contributed by atoms with Crippen LogP contribution in [0.25, 0.3) is 0 Å². The summed E-state index contributed by atoms with van der Waals surface area (Å²) in [5.74, 6) is 0. The molecule has 0 saturated heterocycles. The summed E-state index contributed by atoms with van der Waals surface area (Å²) in [6.07, 6.45) is 2.23. The largest absolute Gasteiger partial charge is 0.398 e. The monoisotopic (exact) mass is 240 g/mol. The fourth-order valence-electron chi connectivity index (χ4n) is 1.92. The fraction of sp³-hybridized carbons (Fsp3) is 0.250. The molecule has 0 aliphatic rings. The van der Waals surface area contributed by atoms with E-state index in [0.29, 0.717) is 0 Å². The third-order valence-corrected chi connectivity index (χ3v) is 3.09. The maximum Gasteiger partial charge on any atom is 0.0364 e. The Kier molecular flexibility index (Phi) is 4.24. The topological polar surface area (TPSA) is 38.0 Å². The van der Waals surface area contributed by atoms with Crippen molar-refractivity contribution in [3.8, 4) is 0 Å². The third-order valence-electron chi connectivity index (χ3n) is 3.09. The van der Waals surface area contributed by atoms with Crippen molar-refractivity contribution in [2.45, 2.75) is 19.8 Å². The zero-order valence-electron chi connectivity index (χ0n) is 10.8. The number of hydrogen-bond acceptors (Lipinski definition) is 2. The van der Waals surface area contributed by atoms with Crippen molar-refractivity contribution in [2.75, 3.05) is 17.6 Å². The van der Waals surface area contributed by atoms with E-state index in [1.165, 1.54) is 5.56 Å². The van der Waals surface area contributed by atoms with Crippen LogP contribution in [0.3, 0.4) is 0 Å². The smallest absolute Gasteiger partial charge is 0.0364 e. The van der Waals surface area contributed by atoms with Gasteiger partial charge >= 0.3 is 0 Å². The molecule has 0 heterocycles. The predicted octanol–water partition coefficient (Wildman–Crippen LogP) is 3.62. The second-order valence-electron chi connectivity index (χ2n) is 4.59. The minimum atomic E-state index is 0.850. The fourth-order valence-corrected chi connectivity index (χ4v) is 1.92. The van der Waals surface area contributed by atoms with Crippen LogP contribution in [0.4, 0.5) is 11.4 Å². The Morgan fingerprint density at radius 2 is 1.83 bits per heavy atom. The molecule has 0 atom stereocenters. The second-order valence-corrected chi connectivity index (χ2v) is 4.59. The number of nitrogen functional groups attached to an aromatic ring is 1. The molecule has 0 bridgehead atoms. The summed E-state index contributed by atoms with van der Waals surface area (Å²) in [5.41, 5.74) is 10.3. The van der Waals surface area contributed by atoms with Gasteiger partial charge in [0.25, 0.3) is 0 Å². The molecule has 3 N–H and O–H groups in total. The molecule has 18 heavy (non-hydrogen) atoms. The molecule has 0 amide bonds. The van der Waals surface area contributed by atoms with Crippen molar-refractivity contribution < 1.29 is 0 Å². The molecule has 2 heteroatoms. The third kappa shape index (κ3) is 3.52. The minimum Gasteiger partial charge on any atom is -0.398 e. The summed E-state index contributed by atoms with van der Waals surface area (Å²) in [7, 11) is 0. The van der Waals surface area contributed by atoms with E-state index in [4.69, 9.17) is 5.73 Å². The highest BCUT2D eigenvalue weighted by Crippen LogP contribution is 2.16. The van der Waals surface area contributed by atoms with Crippen LogP contribution in [0, 0.1) is 6.92 Å². The molecule has 0 radical (unpaired) electrons. The lowest BCUT2D eigenvalue weighted by molar-refractivity contribution is 0.863. The van der Waals surface area contributed by atoms with Crippen LogP contribution >= 0.6 is 0 Å². The Labute approximate surface area is 109 Å². The molecular weight excluding hydrogens is 220 g/mol. The van der Waals surface area contributed by atoms with E-state index >= 15 is 0 Å². The Bertz CT molecular complexity index is 492. The van der Waals surface area contributed by atoms with Crippen molar-refractivity contribution >= 4 is 11.4 Å². The molecule has 2 rings (SSSR count). The van der Waals surface area contributed by atoms with Crippen LogP contribution in [0.2, 0.25) is 0 Å². The van der Waals surface area contributed by atoms with Gasteiger partial charge in [-0.1, -0.05) is 36.4 Å². The van der Waals surface area contributed by atoms with Gasteiger partial charge in [-0.05, 0) is 43.0 Å². The second kappa shape index (κ2) is 6.10. The summed E-state index contributed by atoms with van der Waals surface area (Å²) < 4.78 is 0. The number of nitrogens with one attached hydrogen (secondary N) is 1. The average Bonchev–Trinajstić information content (AvgIpc) is 2.40. The number of rotatable bonds is 5. The van der Waals surface area contributed by atoms with E-state index < -0.39 is 0 Å². The molecule has 94 valence electrons. The van der Waals surface area contributed by atoms with Gasteiger partial charge in [-0.15, -0.1) is 0 Å². The summed E-state index contributed by atoms with van der Waals surface area (Å²) in [6.45, 7) is 2.99. The Hall–Kier alpha value is -1.96. The zero-order valence-corrected chi connectivity index (χ0v) is 10.8. The highest BCUT2D eigenvalue weighted by molar-refractivity contribution is 5.58. The first kappa shape index (κ1) is 12.5. The van der Waals surface area contributed by atoms with Crippen molar-refractivity contribution in [1.29, 1.82) is 0 Å². The Morgan fingerprint density at radius 3 is 2.56 bits per heavy atom. The van der Waals surface area contributed by atoms with Crippen LogP contribution < -0.4 is 11.1 Å². The van der Waals surface area contributed by atoms with Gasteiger partial charge in [0.05, 0.1) is 0 Å². The summed E-state index contributed by atoms with van der Waals surface area (Å²) in [4.78, 5) is 0. The quantitative estimate of drug-likeness (QED) is 0.618. The molecule has 2 aromatic carbocycles. The number of benzene rings is 2. The highest BCUT2D eigenvalue weighted by Gasteiger charge is 1.96. The maximum absolute atomic E-state index is 5.88. The minimum absolute atomic E-state index is 0.850. The van der Waals surface area contributed by atoms with E-state index in [-0.39, 0.29) is 0 Å². The van der Waals surface area contributed by atoms with E-state index in [1.807, 2.05) is 13.0 Å². The van der Waals surface area contributed by atoms with Crippen molar-refractivity contribution in [1.82, 2.24) is 0 Å². The van der Waals surface area contributed by atoms with E-state index in [9.17, 15) is 0 Å². The van der Waals surface area contributed by atoms with Gasteiger partial charge in [-0.25, -0.2) is 0 Å². The molecular formula is C16H20N2. The van der Waals surface area contributed by atoms with Gasteiger partial charge in [-0.3, -0.25) is 0 Å².